The summed E-state index contributed by atoms with van der Waals surface area (Å²) in [6.45, 7) is 7.59. The van der Waals surface area contributed by atoms with Gasteiger partial charge in [-0.15, -0.1) is 48.2 Å². The van der Waals surface area contributed by atoms with Crippen LogP contribution < -0.4 is 0 Å². The van der Waals surface area contributed by atoms with Crippen LogP contribution in [-0.2, 0) is 24.4 Å². The number of benzene rings is 1. The molecule has 6 heterocycles. The summed E-state index contributed by atoms with van der Waals surface area (Å²) in [5, 5.41) is 0. The molecule has 6 aliphatic heterocycles. The number of terminal acetylenes is 2. The van der Waals surface area contributed by atoms with E-state index < -0.39 is 5.97 Å². The minimum absolute atomic E-state index is 0.0628. The number of hydrogen-bond donors (Lipinski definition) is 0. The largest absolute Gasteiger partial charge is 0.354 e. The van der Waals surface area contributed by atoms with E-state index in [0.29, 0.717) is 25.2 Å². The molecule has 6 saturated heterocycles. The number of hydrogen-bond acceptors (Lipinski definition) is 6. The van der Waals surface area contributed by atoms with Gasteiger partial charge in [0.15, 0.2) is 4.27 Å². The van der Waals surface area contributed by atoms with Gasteiger partial charge in [-0.25, -0.2) is 0 Å². The van der Waals surface area contributed by atoms with Crippen LogP contribution in [0.1, 0.15) is 77.2 Å². The van der Waals surface area contributed by atoms with Crippen LogP contribution in [0.4, 0.5) is 0 Å². The fourth-order valence-corrected chi connectivity index (χ4v) is 9.02. The smallest absolute Gasteiger partial charge is 0.282 e. The van der Waals surface area contributed by atoms with Crippen LogP contribution in [0.15, 0.2) is 30.3 Å². The number of ether oxygens (including phenoxy) is 4. The molecule has 6 fully saturated rings. The Kier molecular flexibility index (Phi) is 10.6. The van der Waals surface area contributed by atoms with Gasteiger partial charge in [0.25, 0.3) is 5.97 Å². The standard InChI is InChI=1S/C17H20O3.C15H24OS2/c1-2-3-4-8-11-17-18-12-16(13-19-17,14-20-17)15-9-6-5-7-10-15;1-4-5-6-7-8-15-16-10-14(11-17-15,12-18-15)9-13(2)3/h1,5-7,9-10H,3-4,8,11-14H2;1,13H,5-12H2,2-3H3. The maximum Gasteiger partial charge on any atom is 0.282 e. The molecule has 0 N–H and O–H groups in total. The average Bonchev–Trinajstić information content (AvgIpc) is 2.96. The average molecular weight is 557 g/mol. The van der Waals surface area contributed by atoms with Crippen LogP contribution in [0, 0.1) is 36.0 Å². The maximum absolute atomic E-state index is 6.22. The van der Waals surface area contributed by atoms with E-state index in [4.69, 9.17) is 31.8 Å². The molecule has 208 valence electrons. The van der Waals surface area contributed by atoms with E-state index in [-0.39, 0.29) is 9.68 Å². The van der Waals surface area contributed by atoms with E-state index in [1.165, 1.54) is 29.9 Å². The number of thioether (sulfide) groups is 2. The molecule has 38 heavy (non-hydrogen) atoms. The molecule has 0 saturated carbocycles. The summed E-state index contributed by atoms with van der Waals surface area (Å²) in [4.78, 5) is 0. The summed E-state index contributed by atoms with van der Waals surface area (Å²) < 4.78 is 24.0. The Balaban J connectivity index is 0.000000178. The lowest BCUT2D eigenvalue weighted by Gasteiger charge is -2.52. The monoisotopic (exact) mass is 556 g/mol. The lowest BCUT2D eigenvalue weighted by molar-refractivity contribution is -0.456. The van der Waals surface area contributed by atoms with Gasteiger partial charge in [-0.1, -0.05) is 44.2 Å². The molecule has 0 aliphatic carbocycles. The summed E-state index contributed by atoms with van der Waals surface area (Å²) >= 11 is 4.10. The van der Waals surface area contributed by atoms with Crippen molar-refractivity contribution in [1.29, 1.82) is 0 Å². The van der Waals surface area contributed by atoms with Crippen LogP contribution in [0.5, 0.6) is 0 Å². The minimum atomic E-state index is -0.828. The Hall–Kier alpha value is -1.12. The van der Waals surface area contributed by atoms with E-state index in [0.717, 1.165) is 57.5 Å². The highest BCUT2D eigenvalue weighted by Gasteiger charge is 2.53. The molecule has 4 bridgehead atoms. The van der Waals surface area contributed by atoms with E-state index >= 15 is 0 Å². The summed E-state index contributed by atoms with van der Waals surface area (Å²) in [6.07, 6.45) is 19.7. The van der Waals surface area contributed by atoms with Gasteiger partial charge < -0.3 is 18.9 Å². The Bertz CT molecular complexity index is 915. The molecule has 0 radical (unpaired) electrons. The zero-order valence-electron chi connectivity index (χ0n) is 23.2. The lowest BCUT2D eigenvalue weighted by Crippen LogP contribution is -2.62. The minimum Gasteiger partial charge on any atom is -0.354 e. The van der Waals surface area contributed by atoms with E-state index in [9.17, 15) is 0 Å². The molecule has 6 heteroatoms. The van der Waals surface area contributed by atoms with Crippen LogP contribution in [0.25, 0.3) is 0 Å². The highest BCUT2D eigenvalue weighted by molar-refractivity contribution is 8.18. The molecule has 0 spiro atoms. The van der Waals surface area contributed by atoms with Gasteiger partial charge in [-0.2, -0.15) is 0 Å². The van der Waals surface area contributed by atoms with Gasteiger partial charge in [-0.3, -0.25) is 0 Å². The topological polar surface area (TPSA) is 36.9 Å². The fourth-order valence-electron chi connectivity index (χ4n) is 5.69. The molecular weight excluding hydrogens is 512 g/mol. The molecule has 0 amide bonds. The third-order valence-electron chi connectivity index (χ3n) is 7.84. The van der Waals surface area contributed by atoms with E-state index in [1.54, 1.807) is 0 Å². The summed E-state index contributed by atoms with van der Waals surface area (Å²) in [7, 11) is 0. The number of unbranched alkanes of at least 4 members (excludes halogenated alkanes) is 4. The van der Waals surface area contributed by atoms with Gasteiger partial charge in [0.1, 0.15) is 0 Å². The van der Waals surface area contributed by atoms with E-state index in [2.05, 4.69) is 37.8 Å². The number of fused-ring (bicyclic) bond motifs is 6. The van der Waals surface area contributed by atoms with Gasteiger partial charge >= 0.3 is 0 Å². The molecule has 6 aliphatic rings. The van der Waals surface area contributed by atoms with Crippen molar-refractivity contribution in [1.82, 2.24) is 0 Å². The van der Waals surface area contributed by atoms with Gasteiger partial charge in [0, 0.05) is 36.2 Å². The van der Waals surface area contributed by atoms with Crippen molar-refractivity contribution in [3.63, 3.8) is 0 Å². The van der Waals surface area contributed by atoms with Crippen LogP contribution in [-0.4, -0.2) is 48.2 Å². The maximum atomic E-state index is 6.22. The second-order valence-corrected chi connectivity index (χ2v) is 14.4. The predicted molar refractivity (Wildman–Crippen MR) is 159 cm³/mol. The van der Waals surface area contributed by atoms with Crippen molar-refractivity contribution in [2.45, 2.75) is 87.3 Å². The van der Waals surface area contributed by atoms with Crippen molar-refractivity contribution >= 4 is 23.5 Å². The van der Waals surface area contributed by atoms with E-state index in [1.807, 2.05) is 41.7 Å². The predicted octanol–water partition coefficient (Wildman–Crippen LogP) is 7.23. The third kappa shape index (κ3) is 7.34. The number of rotatable bonds is 11. The zero-order valence-corrected chi connectivity index (χ0v) is 24.8. The quantitative estimate of drug-likeness (QED) is 0.212. The second kappa shape index (κ2) is 13.5. The molecule has 4 nitrogen and oxygen atoms in total. The van der Waals surface area contributed by atoms with Crippen LogP contribution in [0.2, 0.25) is 0 Å². The molecule has 1 aromatic rings. The highest BCUT2D eigenvalue weighted by atomic mass is 32.2. The highest BCUT2D eigenvalue weighted by Crippen LogP contribution is 2.58. The van der Waals surface area contributed by atoms with Crippen molar-refractivity contribution in [3.8, 4) is 24.7 Å². The van der Waals surface area contributed by atoms with Crippen molar-refractivity contribution in [2.75, 3.05) is 37.9 Å². The SMILES string of the molecule is C#CCCCCC12OCC(CC(C)C)(CS1)CS2.C#CCCCCC12OCC(c3ccccc3)(CO1)CO2. The first kappa shape index (κ1) is 29.9. The normalized spacial score (nSPS) is 33.3. The Morgan fingerprint density at radius 2 is 1.37 bits per heavy atom. The van der Waals surface area contributed by atoms with Gasteiger partial charge in [0.05, 0.1) is 31.8 Å². The lowest BCUT2D eigenvalue weighted by atomic mass is 9.81. The molecule has 0 unspecified atom stereocenters. The zero-order chi connectivity index (χ0) is 27.0. The first-order chi connectivity index (χ1) is 18.4. The fraction of sp³-hybridized carbons (Fsp3) is 0.688. The van der Waals surface area contributed by atoms with Crippen molar-refractivity contribution in [3.05, 3.63) is 35.9 Å². The Morgan fingerprint density at radius 3 is 1.87 bits per heavy atom. The molecular formula is C32H44O4S2. The van der Waals surface area contributed by atoms with Gasteiger partial charge in [-0.05, 0) is 50.0 Å². The Labute approximate surface area is 239 Å². The molecule has 0 aromatic heterocycles. The van der Waals surface area contributed by atoms with Crippen molar-refractivity contribution in [2.24, 2.45) is 11.3 Å². The second-order valence-electron chi connectivity index (χ2n) is 11.7. The summed E-state index contributed by atoms with van der Waals surface area (Å²) in [5.74, 6) is 7.89. The van der Waals surface area contributed by atoms with Crippen molar-refractivity contribution < 1.29 is 18.9 Å². The van der Waals surface area contributed by atoms with Crippen LogP contribution in [0.3, 0.4) is 0 Å². The first-order valence-electron chi connectivity index (χ1n) is 14.1. The summed E-state index contributed by atoms with van der Waals surface area (Å²) in [6, 6.07) is 10.3. The van der Waals surface area contributed by atoms with Crippen LogP contribution >= 0.6 is 23.5 Å². The molecule has 1 aromatic carbocycles. The molecule has 7 rings (SSSR count). The van der Waals surface area contributed by atoms with Gasteiger partial charge in [0.2, 0.25) is 0 Å². The first-order valence-corrected chi connectivity index (χ1v) is 16.1. The molecule has 0 atom stereocenters. The third-order valence-corrected chi connectivity index (χ3v) is 11.6. The summed E-state index contributed by atoms with van der Waals surface area (Å²) in [5.41, 5.74) is 1.52. The Morgan fingerprint density at radius 1 is 0.789 bits per heavy atom.